The van der Waals surface area contributed by atoms with Crippen molar-refractivity contribution in [2.24, 2.45) is 0 Å². The largest absolute Gasteiger partial charge is 0.465 e. The smallest absolute Gasteiger partial charge is 0.338 e. The lowest BCUT2D eigenvalue weighted by Gasteiger charge is -2.08. The van der Waals surface area contributed by atoms with Crippen LogP contribution in [-0.4, -0.2) is 33.3 Å². The van der Waals surface area contributed by atoms with Crippen LogP contribution < -0.4 is 0 Å². The average molecular weight is 238 g/mol. The first kappa shape index (κ1) is 13.2. The molecular formula is C12H14O5. The molecule has 1 aromatic carbocycles. The van der Waals surface area contributed by atoms with E-state index in [2.05, 4.69) is 9.47 Å². The van der Waals surface area contributed by atoms with Gasteiger partial charge in [-0.3, -0.25) is 0 Å². The number of methoxy groups -OCH3 is 3. The summed E-state index contributed by atoms with van der Waals surface area (Å²) < 4.78 is 14.2. The van der Waals surface area contributed by atoms with Gasteiger partial charge in [0.15, 0.2) is 0 Å². The van der Waals surface area contributed by atoms with E-state index in [1.165, 1.54) is 33.5 Å². The van der Waals surface area contributed by atoms with E-state index in [0.29, 0.717) is 16.7 Å². The van der Waals surface area contributed by atoms with E-state index in [-0.39, 0.29) is 6.61 Å². The second kappa shape index (κ2) is 6.00. The number of benzene rings is 1. The van der Waals surface area contributed by atoms with Gasteiger partial charge in [0.2, 0.25) is 0 Å². The van der Waals surface area contributed by atoms with Gasteiger partial charge in [0.05, 0.1) is 32.0 Å². The number of rotatable bonds is 4. The van der Waals surface area contributed by atoms with E-state index < -0.39 is 11.9 Å². The summed E-state index contributed by atoms with van der Waals surface area (Å²) in [7, 11) is 4.10. The Bertz CT molecular complexity index is 425. The minimum Gasteiger partial charge on any atom is -0.465 e. The van der Waals surface area contributed by atoms with Crippen LogP contribution in [0.15, 0.2) is 18.2 Å². The minimum atomic E-state index is -0.464. The molecule has 0 spiro atoms. The average Bonchev–Trinajstić information content (AvgIpc) is 2.37. The Labute approximate surface area is 99.3 Å². The maximum Gasteiger partial charge on any atom is 0.338 e. The van der Waals surface area contributed by atoms with Gasteiger partial charge in [-0.05, 0) is 23.8 Å². The molecule has 0 radical (unpaired) electrons. The van der Waals surface area contributed by atoms with E-state index in [4.69, 9.17) is 4.74 Å². The van der Waals surface area contributed by atoms with Crippen molar-refractivity contribution in [3.05, 3.63) is 34.9 Å². The molecule has 0 fully saturated rings. The van der Waals surface area contributed by atoms with Gasteiger partial charge in [-0.15, -0.1) is 0 Å². The molecule has 5 nitrogen and oxygen atoms in total. The molecule has 17 heavy (non-hydrogen) atoms. The highest BCUT2D eigenvalue weighted by atomic mass is 16.5. The fourth-order valence-electron chi connectivity index (χ4n) is 1.42. The molecule has 1 aromatic rings. The first-order valence-corrected chi connectivity index (χ1v) is 4.92. The number of hydrogen-bond acceptors (Lipinski definition) is 5. The van der Waals surface area contributed by atoms with Crippen molar-refractivity contribution in [2.75, 3.05) is 21.3 Å². The van der Waals surface area contributed by atoms with Gasteiger partial charge >= 0.3 is 11.9 Å². The fraction of sp³-hybridized carbons (Fsp3) is 0.333. The molecule has 0 amide bonds. The first-order valence-electron chi connectivity index (χ1n) is 4.92. The fourth-order valence-corrected chi connectivity index (χ4v) is 1.42. The van der Waals surface area contributed by atoms with Crippen LogP contribution >= 0.6 is 0 Å². The Hall–Kier alpha value is -1.88. The number of hydrogen-bond donors (Lipinski definition) is 0. The summed E-state index contributed by atoms with van der Waals surface area (Å²) in [5, 5.41) is 0. The van der Waals surface area contributed by atoms with Crippen LogP contribution in [0.1, 0.15) is 26.3 Å². The van der Waals surface area contributed by atoms with Crippen molar-refractivity contribution in [3.63, 3.8) is 0 Å². The third kappa shape index (κ3) is 3.04. The van der Waals surface area contributed by atoms with Crippen LogP contribution in [0.2, 0.25) is 0 Å². The third-order valence-electron chi connectivity index (χ3n) is 2.23. The van der Waals surface area contributed by atoms with Gasteiger partial charge in [-0.1, -0.05) is 0 Å². The molecule has 5 heteroatoms. The second-order valence-electron chi connectivity index (χ2n) is 3.29. The van der Waals surface area contributed by atoms with Crippen LogP contribution in [0.3, 0.4) is 0 Å². The summed E-state index contributed by atoms with van der Waals surface area (Å²) in [5.41, 5.74) is 1.33. The number of esters is 2. The highest BCUT2D eigenvalue weighted by Gasteiger charge is 2.15. The number of ether oxygens (including phenoxy) is 3. The van der Waals surface area contributed by atoms with Crippen LogP contribution in [0.25, 0.3) is 0 Å². The van der Waals surface area contributed by atoms with E-state index in [9.17, 15) is 9.59 Å². The van der Waals surface area contributed by atoms with E-state index >= 15 is 0 Å². The van der Waals surface area contributed by atoms with Gasteiger partial charge < -0.3 is 14.2 Å². The Morgan fingerprint density at radius 2 is 1.71 bits per heavy atom. The first-order chi connectivity index (χ1) is 8.13. The molecule has 1 rings (SSSR count). The molecule has 92 valence electrons. The summed E-state index contributed by atoms with van der Waals surface area (Å²) in [6.07, 6.45) is 0. The minimum absolute atomic E-state index is 0.218. The van der Waals surface area contributed by atoms with E-state index in [1.807, 2.05) is 0 Å². The van der Waals surface area contributed by atoms with Gasteiger partial charge in [0.1, 0.15) is 0 Å². The summed E-state index contributed by atoms with van der Waals surface area (Å²) in [6, 6.07) is 4.59. The molecule has 0 saturated carbocycles. The summed E-state index contributed by atoms with van der Waals surface area (Å²) >= 11 is 0. The zero-order chi connectivity index (χ0) is 12.8. The molecule has 0 bridgehead atoms. The lowest BCUT2D eigenvalue weighted by molar-refractivity contribution is 0.0582. The lowest BCUT2D eigenvalue weighted by atomic mass is 10.0. The van der Waals surface area contributed by atoms with Crippen molar-refractivity contribution in [2.45, 2.75) is 6.61 Å². The van der Waals surface area contributed by atoms with E-state index in [1.54, 1.807) is 6.07 Å². The molecule has 0 heterocycles. The van der Waals surface area contributed by atoms with Gasteiger partial charge in [-0.2, -0.15) is 0 Å². The topological polar surface area (TPSA) is 61.8 Å². The maximum atomic E-state index is 11.5. The second-order valence-corrected chi connectivity index (χ2v) is 3.29. The summed E-state index contributed by atoms with van der Waals surface area (Å²) in [5.74, 6) is -0.924. The maximum absolute atomic E-state index is 11.5. The molecule has 0 N–H and O–H groups in total. The van der Waals surface area contributed by atoms with Crippen LogP contribution in [-0.2, 0) is 20.8 Å². The van der Waals surface area contributed by atoms with Crippen molar-refractivity contribution in [1.82, 2.24) is 0 Å². The Balaban J connectivity index is 3.16. The van der Waals surface area contributed by atoms with Crippen LogP contribution in [0.5, 0.6) is 0 Å². The van der Waals surface area contributed by atoms with E-state index in [0.717, 1.165) is 0 Å². The number of carbonyl (C=O) groups excluding carboxylic acids is 2. The molecule has 0 aliphatic rings. The molecular weight excluding hydrogens is 224 g/mol. The van der Waals surface area contributed by atoms with Gasteiger partial charge in [-0.25, -0.2) is 9.59 Å². The predicted octanol–water partition coefficient (Wildman–Crippen LogP) is 1.41. The number of carbonyl (C=O) groups is 2. The lowest BCUT2D eigenvalue weighted by Crippen LogP contribution is -2.09. The Kier molecular flexibility index (Phi) is 4.66. The van der Waals surface area contributed by atoms with Gasteiger partial charge in [0, 0.05) is 7.11 Å². The SMILES string of the molecule is COCc1cc(C(=O)OC)ccc1C(=O)OC. The Morgan fingerprint density at radius 1 is 1.06 bits per heavy atom. The summed E-state index contributed by atoms with van der Waals surface area (Å²) in [6.45, 7) is 0.218. The third-order valence-corrected chi connectivity index (χ3v) is 2.23. The highest BCUT2D eigenvalue weighted by molar-refractivity contribution is 5.94. The zero-order valence-corrected chi connectivity index (χ0v) is 9.98. The monoisotopic (exact) mass is 238 g/mol. The van der Waals surface area contributed by atoms with Crippen LogP contribution in [0.4, 0.5) is 0 Å². The van der Waals surface area contributed by atoms with Crippen molar-refractivity contribution < 1.29 is 23.8 Å². The standard InChI is InChI=1S/C12H14O5/c1-15-7-9-6-8(11(13)16-2)4-5-10(9)12(14)17-3/h4-6H,7H2,1-3H3. The Morgan fingerprint density at radius 3 is 2.24 bits per heavy atom. The van der Waals surface area contributed by atoms with Crippen molar-refractivity contribution in [1.29, 1.82) is 0 Å². The molecule has 0 unspecified atom stereocenters. The van der Waals surface area contributed by atoms with Crippen molar-refractivity contribution in [3.8, 4) is 0 Å². The molecule has 0 atom stereocenters. The predicted molar refractivity (Wildman–Crippen MR) is 59.8 cm³/mol. The molecule has 0 aliphatic carbocycles. The molecule has 0 saturated heterocycles. The quantitative estimate of drug-likeness (QED) is 0.742. The van der Waals surface area contributed by atoms with Crippen molar-refractivity contribution >= 4 is 11.9 Å². The normalized spacial score (nSPS) is 9.82. The van der Waals surface area contributed by atoms with Gasteiger partial charge in [0.25, 0.3) is 0 Å². The highest BCUT2D eigenvalue weighted by Crippen LogP contribution is 2.15. The van der Waals surface area contributed by atoms with Crippen LogP contribution in [0, 0.1) is 0 Å². The molecule has 0 aromatic heterocycles. The zero-order valence-electron chi connectivity index (χ0n) is 9.98. The summed E-state index contributed by atoms with van der Waals surface area (Å²) in [4.78, 5) is 22.8. The molecule has 0 aliphatic heterocycles.